The maximum atomic E-state index is 12.1. The fraction of sp³-hybridized carbons (Fsp3) is 0.533. The molecule has 0 heterocycles. The molecule has 1 aliphatic rings. The number of amides is 1. The van der Waals surface area contributed by atoms with Crippen LogP contribution in [0.3, 0.4) is 0 Å². The lowest BCUT2D eigenvalue weighted by molar-refractivity contribution is 0.0950. The zero-order chi connectivity index (χ0) is 14.4. The summed E-state index contributed by atoms with van der Waals surface area (Å²) < 4.78 is 0. The van der Waals surface area contributed by atoms with Gasteiger partial charge in [-0.25, -0.2) is 0 Å². The molecule has 0 unspecified atom stereocenters. The van der Waals surface area contributed by atoms with Gasteiger partial charge in [0.1, 0.15) is 0 Å². The molecule has 0 atom stereocenters. The Labute approximate surface area is 119 Å². The Morgan fingerprint density at radius 3 is 2.37 bits per heavy atom. The number of rotatable bonds is 3. The summed E-state index contributed by atoms with van der Waals surface area (Å²) in [4.78, 5) is 12.1. The minimum Gasteiger partial charge on any atom is -0.399 e. The van der Waals surface area contributed by atoms with E-state index in [1.807, 2.05) is 0 Å². The molecular weight excluding hydrogens is 260 g/mol. The Balaban J connectivity index is 2.00. The van der Waals surface area contributed by atoms with Crippen LogP contribution in [0.1, 0.15) is 38.1 Å². The summed E-state index contributed by atoms with van der Waals surface area (Å²) in [6.07, 6.45) is 0. The van der Waals surface area contributed by atoms with E-state index < -0.39 is 0 Å². The molecule has 0 aliphatic heterocycles. The van der Waals surface area contributed by atoms with Crippen LogP contribution in [0.5, 0.6) is 0 Å². The quantitative estimate of drug-likeness (QED) is 0.835. The minimum absolute atomic E-state index is 0.136. The molecular formula is C15H21ClN2O. The summed E-state index contributed by atoms with van der Waals surface area (Å²) in [5.41, 5.74) is 7.19. The number of carbonyl (C=O) groups is 1. The SMILES string of the molecule is CC1(C)C(CNC(=O)c2ccc(N)cc2Cl)C1(C)C. The normalized spacial score (nSPS) is 20.1. The number of nitrogen functional groups attached to an aromatic ring is 1. The van der Waals surface area contributed by atoms with Crippen molar-refractivity contribution in [1.82, 2.24) is 5.32 Å². The number of hydrogen-bond donors (Lipinski definition) is 2. The van der Waals surface area contributed by atoms with Gasteiger partial charge in [0.25, 0.3) is 5.91 Å². The lowest BCUT2D eigenvalue weighted by Crippen LogP contribution is -2.27. The van der Waals surface area contributed by atoms with E-state index in [-0.39, 0.29) is 16.7 Å². The van der Waals surface area contributed by atoms with Crippen molar-refractivity contribution in [1.29, 1.82) is 0 Å². The van der Waals surface area contributed by atoms with Gasteiger partial charge in [-0.1, -0.05) is 39.3 Å². The van der Waals surface area contributed by atoms with Crippen molar-refractivity contribution in [2.75, 3.05) is 12.3 Å². The molecule has 3 N–H and O–H groups in total. The van der Waals surface area contributed by atoms with Gasteiger partial charge in [-0.05, 0) is 34.9 Å². The van der Waals surface area contributed by atoms with Crippen LogP contribution in [-0.4, -0.2) is 12.5 Å². The van der Waals surface area contributed by atoms with Crippen LogP contribution in [0.15, 0.2) is 18.2 Å². The monoisotopic (exact) mass is 280 g/mol. The van der Waals surface area contributed by atoms with Gasteiger partial charge in [0.05, 0.1) is 10.6 Å². The molecule has 1 aromatic carbocycles. The van der Waals surface area contributed by atoms with Crippen LogP contribution in [-0.2, 0) is 0 Å². The molecule has 1 amide bonds. The molecule has 0 radical (unpaired) electrons. The van der Waals surface area contributed by atoms with Gasteiger partial charge in [-0.3, -0.25) is 4.79 Å². The standard InChI is InChI=1S/C15H21ClN2O/c1-14(2)12(15(14,3)4)8-18-13(19)10-6-5-9(17)7-11(10)16/h5-7,12H,8,17H2,1-4H3,(H,18,19). The van der Waals surface area contributed by atoms with Crippen molar-refractivity contribution in [3.8, 4) is 0 Å². The summed E-state index contributed by atoms with van der Waals surface area (Å²) in [5, 5.41) is 3.36. The first-order chi connectivity index (χ1) is 8.68. The minimum atomic E-state index is -0.136. The first kappa shape index (κ1) is 14.2. The van der Waals surface area contributed by atoms with Crippen LogP contribution < -0.4 is 11.1 Å². The van der Waals surface area contributed by atoms with Crippen LogP contribution in [0.2, 0.25) is 5.02 Å². The van der Waals surface area contributed by atoms with Crippen LogP contribution in [0.4, 0.5) is 5.69 Å². The molecule has 104 valence electrons. The number of nitrogens with two attached hydrogens (primary N) is 1. The molecule has 3 nitrogen and oxygen atoms in total. The van der Waals surface area contributed by atoms with Gasteiger partial charge in [0.15, 0.2) is 0 Å². The highest BCUT2D eigenvalue weighted by Gasteiger charge is 2.64. The van der Waals surface area contributed by atoms with E-state index in [9.17, 15) is 4.79 Å². The predicted octanol–water partition coefficient (Wildman–Crippen LogP) is 3.33. The van der Waals surface area contributed by atoms with Crippen LogP contribution in [0, 0.1) is 16.7 Å². The molecule has 2 rings (SSSR count). The number of anilines is 1. The molecule has 0 saturated heterocycles. The Hall–Kier alpha value is -1.22. The summed E-state index contributed by atoms with van der Waals surface area (Å²) in [6.45, 7) is 9.62. The number of benzene rings is 1. The second-order valence-corrected chi connectivity index (χ2v) is 6.85. The summed E-state index contributed by atoms with van der Waals surface area (Å²) in [5.74, 6) is 0.361. The van der Waals surface area contributed by atoms with E-state index in [1.54, 1.807) is 18.2 Å². The van der Waals surface area contributed by atoms with Gasteiger partial charge >= 0.3 is 0 Å². The maximum Gasteiger partial charge on any atom is 0.252 e. The van der Waals surface area contributed by atoms with Gasteiger partial charge < -0.3 is 11.1 Å². The van der Waals surface area contributed by atoms with E-state index in [1.165, 1.54) is 0 Å². The second kappa shape index (κ2) is 4.41. The van der Waals surface area contributed by atoms with Crippen molar-refractivity contribution >= 4 is 23.2 Å². The molecule has 19 heavy (non-hydrogen) atoms. The van der Waals surface area contributed by atoms with Gasteiger partial charge in [-0.15, -0.1) is 0 Å². The number of halogens is 1. The van der Waals surface area contributed by atoms with Crippen molar-refractivity contribution in [2.45, 2.75) is 27.7 Å². The lowest BCUT2D eigenvalue weighted by atomic mass is 10.0. The largest absolute Gasteiger partial charge is 0.399 e. The molecule has 0 spiro atoms. The number of nitrogens with one attached hydrogen (secondary N) is 1. The van der Waals surface area contributed by atoms with Crippen molar-refractivity contribution in [3.05, 3.63) is 28.8 Å². The zero-order valence-electron chi connectivity index (χ0n) is 11.9. The summed E-state index contributed by atoms with van der Waals surface area (Å²) >= 11 is 6.03. The van der Waals surface area contributed by atoms with E-state index in [2.05, 4.69) is 33.0 Å². The topological polar surface area (TPSA) is 55.1 Å². The van der Waals surface area contributed by atoms with E-state index in [4.69, 9.17) is 17.3 Å². The highest BCUT2D eigenvalue weighted by atomic mass is 35.5. The average molecular weight is 281 g/mol. The summed E-state index contributed by atoms with van der Waals surface area (Å²) in [6, 6.07) is 4.95. The molecule has 1 saturated carbocycles. The molecule has 0 aromatic heterocycles. The number of hydrogen-bond acceptors (Lipinski definition) is 2. The molecule has 1 aliphatic carbocycles. The molecule has 4 heteroatoms. The smallest absolute Gasteiger partial charge is 0.252 e. The van der Waals surface area contributed by atoms with Crippen LogP contribution >= 0.6 is 11.6 Å². The first-order valence-electron chi connectivity index (χ1n) is 6.51. The molecule has 1 fully saturated rings. The third-order valence-corrected chi connectivity index (χ3v) is 5.34. The second-order valence-electron chi connectivity index (χ2n) is 6.45. The highest BCUT2D eigenvalue weighted by Crippen LogP contribution is 2.67. The zero-order valence-corrected chi connectivity index (χ0v) is 12.6. The fourth-order valence-electron chi connectivity index (χ4n) is 2.85. The third-order valence-electron chi connectivity index (χ3n) is 5.02. The van der Waals surface area contributed by atoms with Crippen molar-refractivity contribution in [2.24, 2.45) is 16.7 Å². The van der Waals surface area contributed by atoms with Gasteiger partial charge in [-0.2, -0.15) is 0 Å². The predicted molar refractivity (Wildman–Crippen MR) is 79.2 cm³/mol. The average Bonchev–Trinajstić information content (AvgIpc) is 2.66. The van der Waals surface area contributed by atoms with E-state index in [0.29, 0.717) is 28.7 Å². The Morgan fingerprint density at radius 1 is 1.32 bits per heavy atom. The summed E-state index contributed by atoms with van der Waals surface area (Å²) in [7, 11) is 0. The first-order valence-corrected chi connectivity index (χ1v) is 6.89. The Morgan fingerprint density at radius 2 is 1.89 bits per heavy atom. The van der Waals surface area contributed by atoms with Crippen LogP contribution in [0.25, 0.3) is 0 Å². The Bertz CT molecular complexity index is 509. The van der Waals surface area contributed by atoms with Crippen molar-refractivity contribution < 1.29 is 4.79 Å². The highest BCUT2D eigenvalue weighted by molar-refractivity contribution is 6.34. The third kappa shape index (κ3) is 2.32. The van der Waals surface area contributed by atoms with Gasteiger partial charge in [0.2, 0.25) is 0 Å². The fourth-order valence-corrected chi connectivity index (χ4v) is 3.12. The molecule has 0 bridgehead atoms. The Kier molecular flexibility index (Phi) is 3.29. The van der Waals surface area contributed by atoms with Gasteiger partial charge in [0, 0.05) is 12.2 Å². The lowest BCUT2D eigenvalue weighted by Gasteiger charge is -2.08. The number of carbonyl (C=O) groups excluding carboxylic acids is 1. The van der Waals surface area contributed by atoms with Crippen molar-refractivity contribution in [3.63, 3.8) is 0 Å². The van der Waals surface area contributed by atoms with E-state index >= 15 is 0 Å². The van der Waals surface area contributed by atoms with E-state index in [0.717, 1.165) is 0 Å². The maximum absolute atomic E-state index is 12.1. The molecule has 1 aromatic rings.